The standard InChI is InChI=1S/C15H20FN3O2/c1-4-9(2)13-14(20)18-12-7-11(16)6-5-10(12)8-19(13)15(21)17-3/h5-7,9,13H,4,8H2,1-3H3,(H,17,21)(H,18,20)/t9-,13-/m0/s1. The van der Waals surface area contributed by atoms with Crippen LogP contribution >= 0.6 is 0 Å². The first-order valence-corrected chi connectivity index (χ1v) is 7.05. The van der Waals surface area contributed by atoms with Crippen LogP contribution < -0.4 is 10.6 Å². The zero-order chi connectivity index (χ0) is 15.6. The van der Waals surface area contributed by atoms with Crippen molar-refractivity contribution in [3.63, 3.8) is 0 Å². The second-order valence-electron chi connectivity index (χ2n) is 5.30. The van der Waals surface area contributed by atoms with Gasteiger partial charge in [0, 0.05) is 12.7 Å². The third kappa shape index (κ3) is 2.99. The average molecular weight is 293 g/mol. The lowest BCUT2D eigenvalue weighted by atomic mass is 9.97. The molecule has 0 aliphatic carbocycles. The summed E-state index contributed by atoms with van der Waals surface area (Å²) in [5, 5.41) is 5.30. The Morgan fingerprint density at radius 1 is 1.57 bits per heavy atom. The number of urea groups is 1. The van der Waals surface area contributed by atoms with E-state index in [1.165, 1.54) is 24.1 Å². The van der Waals surface area contributed by atoms with Gasteiger partial charge in [-0.2, -0.15) is 0 Å². The molecule has 21 heavy (non-hydrogen) atoms. The Bertz CT molecular complexity index is 562. The molecule has 5 nitrogen and oxygen atoms in total. The van der Waals surface area contributed by atoms with E-state index in [4.69, 9.17) is 0 Å². The maximum Gasteiger partial charge on any atom is 0.318 e. The van der Waals surface area contributed by atoms with Gasteiger partial charge in [0.25, 0.3) is 0 Å². The zero-order valence-corrected chi connectivity index (χ0v) is 12.4. The van der Waals surface area contributed by atoms with Gasteiger partial charge in [-0.1, -0.05) is 26.3 Å². The van der Waals surface area contributed by atoms with E-state index in [1.807, 2.05) is 13.8 Å². The van der Waals surface area contributed by atoms with Crippen LogP contribution in [-0.4, -0.2) is 29.9 Å². The minimum absolute atomic E-state index is 0.00135. The molecule has 0 saturated heterocycles. The molecule has 0 spiro atoms. The molecule has 2 atom stereocenters. The summed E-state index contributed by atoms with van der Waals surface area (Å²) in [5.74, 6) is -0.693. The summed E-state index contributed by atoms with van der Waals surface area (Å²) in [6, 6.07) is 3.32. The molecule has 6 heteroatoms. The molecule has 2 rings (SSSR count). The van der Waals surface area contributed by atoms with E-state index in [9.17, 15) is 14.0 Å². The average Bonchev–Trinajstić information content (AvgIpc) is 2.61. The number of fused-ring (bicyclic) bond motifs is 1. The van der Waals surface area contributed by atoms with Crippen molar-refractivity contribution in [2.75, 3.05) is 12.4 Å². The summed E-state index contributed by atoms with van der Waals surface area (Å²) in [6.45, 7) is 4.16. The fraction of sp³-hybridized carbons (Fsp3) is 0.467. The number of hydrogen-bond acceptors (Lipinski definition) is 2. The van der Waals surface area contributed by atoms with Crippen molar-refractivity contribution in [3.8, 4) is 0 Å². The summed E-state index contributed by atoms with van der Waals surface area (Å²) < 4.78 is 13.4. The first-order chi connectivity index (χ1) is 9.97. The Kier molecular flexibility index (Phi) is 4.45. The molecule has 1 aromatic carbocycles. The lowest BCUT2D eigenvalue weighted by Crippen LogP contribution is -2.51. The maximum absolute atomic E-state index is 13.4. The molecule has 1 heterocycles. The van der Waals surface area contributed by atoms with Crippen LogP contribution in [0.5, 0.6) is 0 Å². The highest BCUT2D eigenvalue weighted by molar-refractivity contribution is 5.98. The second kappa shape index (κ2) is 6.11. The van der Waals surface area contributed by atoms with Gasteiger partial charge in [0.05, 0.1) is 6.54 Å². The number of carbonyl (C=O) groups is 2. The monoisotopic (exact) mass is 293 g/mol. The van der Waals surface area contributed by atoms with Crippen LogP contribution in [0.25, 0.3) is 0 Å². The van der Waals surface area contributed by atoms with Crippen LogP contribution in [0, 0.1) is 11.7 Å². The van der Waals surface area contributed by atoms with Crippen LogP contribution in [0.2, 0.25) is 0 Å². The van der Waals surface area contributed by atoms with Gasteiger partial charge in [0.1, 0.15) is 11.9 Å². The molecule has 0 radical (unpaired) electrons. The molecule has 0 fully saturated rings. The summed E-state index contributed by atoms with van der Waals surface area (Å²) in [6.07, 6.45) is 0.760. The molecule has 0 aromatic heterocycles. The summed E-state index contributed by atoms with van der Waals surface area (Å²) in [4.78, 5) is 26.1. The van der Waals surface area contributed by atoms with Crippen molar-refractivity contribution >= 4 is 17.6 Å². The predicted molar refractivity (Wildman–Crippen MR) is 78.3 cm³/mol. The second-order valence-corrected chi connectivity index (χ2v) is 5.30. The number of benzene rings is 1. The molecule has 0 unspecified atom stereocenters. The Labute approximate surface area is 123 Å². The molecule has 0 bridgehead atoms. The van der Waals surface area contributed by atoms with Gasteiger partial charge in [-0.05, 0) is 23.6 Å². The van der Waals surface area contributed by atoms with Crippen molar-refractivity contribution in [2.24, 2.45) is 5.92 Å². The number of amides is 3. The highest BCUT2D eigenvalue weighted by Gasteiger charge is 2.36. The van der Waals surface area contributed by atoms with E-state index >= 15 is 0 Å². The first kappa shape index (κ1) is 15.3. The largest absolute Gasteiger partial charge is 0.341 e. The van der Waals surface area contributed by atoms with Gasteiger partial charge in [-0.15, -0.1) is 0 Å². The van der Waals surface area contributed by atoms with Crippen LogP contribution in [0.3, 0.4) is 0 Å². The first-order valence-electron chi connectivity index (χ1n) is 7.05. The SMILES string of the molecule is CC[C@H](C)[C@H]1C(=O)Nc2cc(F)ccc2CN1C(=O)NC. The van der Waals surface area contributed by atoms with E-state index in [2.05, 4.69) is 10.6 Å². The van der Waals surface area contributed by atoms with Crippen molar-refractivity contribution in [1.29, 1.82) is 0 Å². The summed E-state index contributed by atoms with van der Waals surface area (Å²) >= 11 is 0. The van der Waals surface area contributed by atoms with E-state index in [0.29, 0.717) is 5.69 Å². The topological polar surface area (TPSA) is 61.4 Å². The normalized spacial score (nSPS) is 19.3. The number of nitrogens with zero attached hydrogens (tertiary/aromatic N) is 1. The molecule has 3 amide bonds. The van der Waals surface area contributed by atoms with Crippen molar-refractivity contribution in [1.82, 2.24) is 10.2 Å². The Hall–Kier alpha value is -2.11. The number of anilines is 1. The smallest absolute Gasteiger partial charge is 0.318 e. The lowest BCUT2D eigenvalue weighted by Gasteiger charge is -2.31. The van der Waals surface area contributed by atoms with Crippen molar-refractivity contribution in [2.45, 2.75) is 32.9 Å². The molecule has 1 aliphatic rings. The minimum atomic E-state index is -0.578. The van der Waals surface area contributed by atoms with Gasteiger partial charge in [0.15, 0.2) is 0 Å². The summed E-state index contributed by atoms with van der Waals surface area (Å²) in [5.41, 5.74) is 1.15. The molecule has 0 saturated carbocycles. The number of nitrogens with one attached hydrogen (secondary N) is 2. The maximum atomic E-state index is 13.4. The molecular weight excluding hydrogens is 273 g/mol. The Morgan fingerprint density at radius 3 is 2.90 bits per heavy atom. The van der Waals surface area contributed by atoms with Gasteiger partial charge < -0.3 is 15.5 Å². The van der Waals surface area contributed by atoms with Gasteiger partial charge in [0.2, 0.25) is 5.91 Å². The van der Waals surface area contributed by atoms with E-state index < -0.39 is 11.9 Å². The van der Waals surface area contributed by atoms with E-state index in [1.54, 1.807) is 6.07 Å². The number of halogens is 1. The number of hydrogen-bond donors (Lipinski definition) is 2. The van der Waals surface area contributed by atoms with Crippen molar-refractivity contribution < 1.29 is 14.0 Å². The van der Waals surface area contributed by atoms with Gasteiger partial charge in [-0.3, -0.25) is 4.79 Å². The molecule has 1 aliphatic heterocycles. The Balaban J connectivity index is 2.45. The summed E-state index contributed by atoms with van der Waals surface area (Å²) in [7, 11) is 1.53. The zero-order valence-electron chi connectivity index (χ0n) is 12.4. The fourth-order valence-electron chi connectivity index (χ4n) is 2.56. The number of rotatable bonds is 2. The van der Waals surface area contributed by atoms with Crippen LogP contribution in [0.4, 0.5) is 14.9 Å². The van der Waals surface area contributed by atoms with E-state index in [0.717, 1.165) is 12.0 Å². The van der Waals surface area contributed by atoms with Crippen LogP contribution in [-0.2, 0) is 11.3 Å². The third-order valence-corrected chi connectivity index (χ3v) is 3.93. The molecule has 1 aromatic rings. The third-order valence-electron chi connectivity index (χ3n) is 3.93. The quantitative estimate of drug-likeness (QED) is 0.879. The highest BCUT2D eigenvalue weighted by atomic mass is 19.1. The highest BCUT2D eigenvalue weighted by Crippen LogP contribution is 2.27. The Morgan fingerprint density at radius 2 is 2.29 bits per heavy atom. The lowest BCUT2D eigenvalue weighted by molar-refractivity contribution is -0.121. The molecule has 2 N–H and O–H groups in total. The van der Waals surface area contributed by atoms with Crippen LogP contribution in [0.1, 0.15) is 25.8 Å². The van der Waals surface area contributed by atoms with E-state index in [-0.39, 0.29) is 24.4 Å². The van der Waals surface area contributed by atoms with Crippen LogP contribution in [0.15, 0.2) is 18.2 Å². The van der Waals surface area contributed by atoms with Crippen molar-refractivity contribution in [3.05, 3.63) is 29.6 Å². The fourth-order valence-corrected chi connectivity index (χ4v) is 2.56. The number of carbonyl (C=O) groups excluding carboxylic acids is 2. The minimum Gasteiger partial charge on any atom is -0.341 e. The molecular formula is C15H20FN3O2. The predicted octanol–water partition coefficient (Wildman–Crippen LogP) is 2.33. The van der Waals surface area contributed by atoms with Gasteiger partial charge in [-0.25, -0.2) is 9.18 Å². The molecule has 114 valence electrons. The van der Waals surface area contributed by atoms with Gasteiger partial charge >= 0.3 is 6.03 Å².